The van der Waals surface area contributed by atoms with E-state index in [-0.39, 0.29) is 17.5 Å². The molecule has 0 saturated carbocycles. The third-order valence-corrected chi connectivity index (χ3v) is 4.66. The first-order chi connectivity index (χ1) is 11.0. The van der Waals surface area contributed by atoms with E-state index < -0.39 is 0 Å². The van der Waals surface area contributed by atoms with Crippen molar-refractivity contribution < 1.29 is 13.6 Å². The van der Waals surface area contributed by atoms with Crippen molar-refractivity contribution in [1.29, 1.82) is 0 Å². The normalized spacial score (nSPS) is 16.5. The minimum atomic E-state index is -0.378. The Morgan fingerprint density at radius 2 is 1.83 bits per heavy atom. The molecule has 0 aromatic heterocycles. The topological polar surface area (TPSA) is 20.3 Å². The SMILES string of the molecule is Cc1cc(C=C2SC(=S)N(c3ccc(F)cc3)C2=O)ccc1F. The molecule has 1 aliphatic heterocycles. The van der Waals surface area contributed by atoms with Crippen molar-refractivity contribution in [2.75, 3.05) is 4.90 Å². The highest BCUT2D eigenvalue weighted by Crippen LogP contribution is 2.36. The van der Waals surface area contributed by atoms with Gasteiger partial charge in [-0.2, -0.15) is 0 Å². The van der Waals surface area contributed by atoms with Crippen LogP contribution in [-0.2, 0) is 4.79 Å². The molecular weight excluding hydrogens is 336 g/mol. The average molecular weight is 347 g/mol. The van der Waals surface area contributed by atoms with Crippen molar-refractivity contribution in [3.63, 3.8) is 0 Å². The second-order valence-electron chi connectivity index (χ2n) is 5.00. The summed E-state index contributed by atoms with van der Waals surface area (Å²) in [6, 6.07) is 10.2. The van der Waals surface area contributed by atoms with Gasteiger partial charge >= 0.3 is 0 Å². The van der Waals surface area contributed by atoms with E-state index in [0.717, 1.165) is 5.56 Å². The molecule has 0 unspecified atom stereocenters. The Morgan fingerprint density at radius 1 is 1.13 bits per heavy atom. The summed E-state index contributed by atoms with van der Waals surface area (Å²) in [6.45, 7) is 1.66. The number of nitrogens with zero attached hydrogens (tertiary/aromatic N) is 1. The molecule has 0 aliphatic carbocycles. The summed E-state index contributed by atoms with van der Waals surface area (Å²) in [6.07, 6.45) is 1.68. The summed E-state index contributed by atoms with van der Waals surface area (Å²) >= 11 is 6.41. The lowest BCUT2D eigenvalue weighted by molar-refractivity contribution is -0.113. The average Bonchev–Trinajstić information content (AvgIpc) is 2.79. The molecule has 1 aliphatic rings. The molecule has 0 atom stereocenters. The molecule has 1 fully saturated rings. The van der Waals surface area contributed by atoms with E-state index in [1.807, 2.05) is 0 Å². The molecule has 0 radical (unpaired) electrons. The quantitative estimate of drug-likeness (QED) is 0.581. The van der Waals surface area contributed by atoms with Gasteiger partial charge in [0, 0.05) is 0 Å². The zero-order valence-electron chi connectivity index (χ0n) is 12.0. The fourth-order valence-corrected chi connectivity index (χ4v) is 3.49. The molecule has 0 spiro atoms. The van der Waals surface area contributed by atoms with Crippen LogP contribution < -0.4 is 4.90 Å². The second kappa shape index (κ2) is 6.22. The summed E-state index contributed by atoms with van der Waals surface area (Å²) < 4.78 is 26.7. The maximum atomic E-state index is 13.3. The Hall–Kier alpha value is -2.05. The number of aryl methyl sites for hydroxylation is 1. The van der Waals surface area contributed by atoms with Gasteiger partial charge in [0.15, 0.2) is 4.32 Å². The lowest BCUT2D eigenvalue weighted by atomic mass is 10.1. The third kappa shape index (κ3) is 3.18. The van der Waals surface area contributed by atoms with Crippen molar-refractivity contribution in [2.45, 2.75) is 6.92 Å². The van der Waals surface area contributed by atoms with E-state index in [1.54, 1.807) is 25.1 Å². The number of halogens is 2. The van der Waals surface area contributed by atoms with Crippen LogP contribution in [0.15, 0.2) is 47.4 Å². The Bertz CT molecular complexity index is 831. The number of thiocarbonyl (C=S) groups is 1. The first kappa shape index (κ1) is 15.8. The zero-order valence-corrected chi connectivity index (χ0v) is 13.7. The molecule has 2 aromatic rings. The summed E-state index contributed by atoms with van der Waals surface area (Å²) in [4.78, 5) is 14.4. The van der Waals surface area contributed by atoms with Crippen LogP contribution in [0.2, 0.25) is 0 Å². The molecule has 6 heteroatoms. The fraction of sp³-hybridized carbons (Fsp3) is 0.0588. The third-order valence-electron chi connectivity index (χ3n) is 3.36. The predicted molar refractivity (Wildman–Crippen MR) is 93.2 cm³/mol. The minimum Gasteiger partial charge on any atom is -0.268 e. The van der Waals surface area contributed by atoms with Crippen molar-refractivity contribution in [1.82, 2.24) is 0 Å². The van der Waals surface area contributed by atoms with Gasteiger partial charge in [-0.1, -0.05) is 30.0 Å². The number of rotatable bonds is 2. The summed E-state index contributed by atoms with van der Waals surface area (Å²) in [7, 11) is 0. The van der Waals surface area contributed by atoms with E-state index in [2.05, 4.69) is 0 Å². The molecule has 1 saturated heterocycles. The van der Waals surface area contributed by atoms with Gasteiger partial charge in [-0.05, 0) is 60.5 Å². The van der Waals surface area contributed by atoms with Crippen LogP contribution in [0, 0.1) is 18.6 Å². The predicted octanol–water partition coefficient (Wildman–Crippen LogP) is 4.68. The van der Waals surface area contributed by atoms with Crippen LogP contribution in [0.1, 0.15) is 11.1 Å². The molecule has 1 amide bonds. The van der Waals surface area contributed by atoms with Crippen LogP contribution in [0.5, 0.6) is 0 Å². The highest BCUT2D eigenvalue weighted by molar-refractivity contribution is 8.27. The van der Waals surface area contributed by atoms with Gasteiger partial charge in [0.2, 0.25) is 0 Å². The van der Waals surface area contributed by atoms with Crippen LogP contribution in [-0.4, -0.2) is 10.2 Å². The molecule has 2 aromatic carbocycles. The van der Waals surface area contributed by atoms with Gasteiger partial charge < -0.3 is 0 Å². The number of hydrogen-bond donors (Lipinski definition) is 0. The van der Waals surface area contributed by atoms with Gasteiger partial charge in [-0.15, -0.1) is 0 Å². The summed E-state index contributed by atoms with van der Waals surface area (Å²) in [5.41, 5.74) is 1.75. The second-order valence-corrected chi connectivity index (χ2v) is 6.68. The van der Waals surface area contributed by atoms with Gasteiger partial charge in [0.05, 0.1) is 10.6 Å². The lowest BCUT2D eigenvalue weighted by Gasteiger charge is -2.14. The highest BCUT2D eigenvalue weighted by atomic mass is 32.2. The molecule has 3 rings (SSSR count). The maximum Gasteiger partial charge on any atom is 0.270 e. The van der Waals surface area contributed by atoms with Crippen molar-refractivity contribution in [3.8, 4) is 0 Å². The molecular formula is C17H11F2NOS2. The molecule has 23 heavy (non-hydrogen) atoms. The van der Waals surface area contributed by atoms with Crippen molar-refractivity contribution in [2.24, 2.45) is 0 Å². The molecule has 0 N–H and O–H groups in total. The summed E-state index contributed by atoms with van der Waals surface area (Å²) in [5, 5.41) is 0. The zero-order chi connectivity index (χ0) is 16.6. The monoisotopic (exact) mass is 347 g/mol. The number of thioether (sulfide) groups is 1. The largest absolute Gasteiger partial charge is 0.270 e. The molecule has 2 nitrogen and oxygen atoms in total. The molecule has 116 valence electrons. The number of amides is 1. The van der Waals surface area contributed by atoms with Gasteiger partial charge in [-0.25, -0.2) is 8.78 Å². The van der Waals surface area contributed by atoms with E-state index in [1.165, 1.54) is 47.0 Å². The minimum absolute atomic E-state index is 0.270. The first-order valence-electron chi connectivity index (χ1n) is 6.75. The Kier molecular flexibility index (Phi) is 4.28. The number of benzene rings is 2. The van der Waals surface area contributed by atoms with Gasteiger partial charge in [-0.3, -0.25) is 9.69 Å². The fourth-order valence-electron chi connectivity index (χ4n) is 2.19. The number of anilines is 1. The Morgan fingerprint density at radius 3 is 2.48 bits per heavy atom. The number of carbonyl (C=O) groups excluding carboxylic acids is 1. The van der Waals surface area contributed by atoms with Crippen LogP contribution in [0.4, 0.5) is 14.5 Å². The van der Waals surface area contributed by atoms with E-state index in [9.17, 15) is 13.6 Å². The van der Waals surface area contributed by atoms with E-state index in [4.69, 9.17) is 12.2 Å². The van der Waals surface area contributed by atoms with Crippen molar-refractivity contribution >= 4 is 46.0 Å². The van der Waals surface area contributed by atoms with Gasteiger partial charge in [0.25, 0.3) is 5.91 Å². The molecule has 0 bridgehead atoms. The van der Waals surface area contributed by atoms with E-state index >= 15 is 0 Å². The van der Waals surface area contributed by atoms with E-state index in [0.29, 0.717) is 20.5 Å². The maximum absolute atomic E-state index is 13.3. The molecule has 1 heterocycles. The number of hydrogen-bond acceptors (Lipinski definition) is 3. The van der Waals surface area contributed by atoms with Crippen LogP contribution in [0.25, 0.3) is 6.08 Å². The Balaban J connectivity index is 1.92. The first-order valence-corrected chi connectivity index (χ1v) is 7.98. The standard InChI is InChI=1S/C17H11F2NOS2/c1-10-8-11(2-7-14(10)19)9-15-16(21)20(17(22)23-15)13-5-3-12(18)4-6-13/h2-9H,1H3. The summed E-state index contributed by atoms with van der Waals surface area (Å²) in [5.74, 6) is -0.939. The lowest BCUT2D eigenvalue weighted by Crippen LogP contribution is -2.27. The van der Waals surface area contributed by atoms with Gasteiger partial charge in [0.1, 0.15) is 11.6 Å². The highest BCUT2D eigenvalue weighted by Gasteiger charge is 2.33. The number of carbonyl (C=O) groups is 1. The smallest absolute Gasteiger partial charge is 0.268 e. The van der Waals surface area contributed by atoms with Crippen LogP contribution in [0.3, 0.4) is 0 Å². The van der Waals surface area contributed by atoms with Crippen LogP contribution >= 0.6 is 24.0 Å². The Labute approximate surface area is 141 Å². The van der Waals surface area contributed by atoms with Crippen molar-refractivity contribution in [3.05, 3.63) is 70.1 Å².